The average molecular weight is 294 g/mol. The van der Waals surface area contributed by atoms with Crippen LogP contribution >= 0.6 is 0 Å². The molecule has 1 saturated heterocycles. The van der Waals surface area contributed by atoms with Crippen LogP contribution < -0.4 is 5.32 Å². The quantitative estimate of drug-likeness (QED) is 0.928. The lowest BCUT2D eigenvalue weighted by Gasteiger charge is -2.33. The molecule has 1 aromatic rings. The molecule has 0 radical (unpaired) electrons. The average Bonchev–Trinajstić information content (AvgIpc) is 2.48. The summed E-state index contributed by atoms with van der Waals surface area (Å²) in [6.07, 6.45) is 1.55. The van der Waals surface area contributed by atoms with E-state index in [9.17, 15) is 9.18 Å². The van der Waals surface area contributed by atoms with Crippen LogP contribution in [0.25, 0.3) is 0 Å². The molecule has 1 fully saturated rings. The molecule has 1 amide bonds. The highest BCUT2D eigenvalue weighted by molar-refractivity contribution is 5.67. The van der Waals surface area contributed by atoms with Crippen LogP contribution in [-0.4, -0.2) is 36.7 Å². The van der Waals surface area contributed by atoms with Gasteiger partial charge in [-0.2, -0.15) is 0 Å². The molecule has 1 aromatic carbocycles. The molecule has 0 aromatic heterocycles. The molecule has 0 aliphatic carbocycles. The summed E-state index contributed by atoms with van der Waals surface area (Å²) < 4.78 is 18.2. The number of carbonyl (C=O) groups excluding carboxylic acids is 1. The summed E-state index contributed by atoms with van der Waals surface area (Å²) in [4.78, 5) is 13.4. The normalized spacial score (nSPS) is 17.6. The number of nitrogens with one attached hydrogen (secondary N) is 1. The van der Waals surface area contributed by atoms with Crippen molar-refractivity contribution in [2.45, 2.75) is 38.8 Å². The highest BCUT2D eigenvalue weighted by atomic mass is 19.1. The van der Waals surface area contributed by atoms with E-state index in [2.05, 4.69) is 5.32 Å². The van der Waals surface area contributed by atoms with Crippen LogP contribution in [0.2, 0.25) is 0 Å². The lowest BCUT2D eigenvalue weighted by molar-refractivity contribution is 0.0943. The Morgan fingerprint density at radius 3 is 2.81 bits per heavy atom. The van der Waals surface area contributed by atoms with Gasteiger partial charge in [-0.05, 0) is 44.4 Å². The molecule has 21 heavy (non-hydrogen) atoms. The van der Waals surface area contributed by atoms with Gasteiger partial charge in [0.25, 0.3) is 0 Å². The first-order chi connectivity index (χ1) is 10.1. The number of amides is 1. The second kappa shape index (κ2) is 7.41. The molecule has 1 aliphatic heterocycles. The second-order valence-corrected chi connectivity index (χ2v) is 5.40. The van der Waals surface area contributed by atoms with E-state index < -0.39 is 0 Å². The molecule has 1 aliphatic rings. The number of nitrogens with zero attached hydrogens (tertiary/aromatic N) is 1. The maximum absolute atomic E-state index is 13.2. The lowest BCUT2D eigenvalue weighted by Crippen LogP contribution is -2.45. The van der Waals surface area contributed by atoms with Crippen LogP contribution in [0, 0.1) is 5.82 Å². The van der Waals surface area contributed by atoms with Crippen LogP contribution in [0.15, 0.2) is 24.3 Å². The number of halogens is 1. The third-order valence-corrected chi connectivity index (χ3v) is 3.86. The van der Waals surface area contributed by atoms with Gasteiger partial charge < -0.3 is 15.0 Å². The van der Waals surface area contributed by atoms with E-state index in [-0.39, 0.29) is 18.0 Å². The van der Waals surface area contributed by atoms with Crippen LogP contribution in [0.4, 0.5) is 9.18 Å². The summed E-state index contributed by atoms with van der Waals surface area (Å²) in [6.45, 7) is 5.66. The molecular formula is C16H23FN2O2. The Balaban J connectivity index is 1.82. The van der Waals surface area contributed by atoms with Gasteiger partial charge in [-0.15, -0.1) is 0 Å². The van der Waals surface area contributed by atoms with Crippen molar-refractivity contribution < 1.29 is 13.9 Å². The number of ether oxygens (including phenoxy) is 1. The van der Waals surface area contributed by atoms with Crippen molar-refractivity contribution >= 4 is 6.09 Å². The summed E-state index contributed by atoms with van der Waals surface area (Å²) in [5.41, 5.74) is 0.947. The van der Waals surface area contributed by atoms with Gasteiger partial charge in [-0.1, -0.05) is 12.1 Å². The van der Waals surface area contributed by atoms with E-state index >= 15 is 0 Å². The number of likely N-dealkylation sites (tertiary alicyclic amines) is 1. The summed E-state index contributed by atoms with van der Waals surface area (Å²) in [6, 6.07) is 7.11. The van der Waals surface area contributed by atoms with Crippen LogP contribution in [0.1, 0.15) is 38.3 Å². The lowest BCUT2D eigenvalue weighted by atomic mass is 10.0. The molecule has 0 spiro atoms. The largest absolute Gasteiger partial charge is 0.450 e. The van der Waals surface area contributed by atoms with E-state index in [0.717, 1.165) is 18.4 Å². The van der Waals surface area contributed by atoms with E-state index in [1.807, 2.05) is 19.9 Å². The maximum Gasteiger partial charge on any atom is 0.409 e. The minimum absolute atomic E-state index is 0.0971. The first-order valence-corrected chi connectivity index (χ1v) is 7.53. The number of piperidine rings is 1. The zero-order valence-electron chi connectivity index (χ0n) is 12.6. The zero-order valence-corrected chi connectivity index (χ0v) is 12.6. The van der Waals surface area contributed by atoms with Gasteiger partial charge in [0.15, 0.2) is 0 Å². The van der Waals surface area contributed by atoms with Crippen molar-refractivity contribution in [1.29, 1.82) is 0 Å². The third-order valence-electron chi connectivity index (χ3n) is 3.86. The molecule has 0 unspecified atom stereocenters. The molecule has 0 bridgehead atoms. The summed E-state index contributed by atoms with van der Waals surface area (Å²) >= 11 is 0. The highest BCUT2D eigenvalue weighted by Crippen LogP contribution is 2.18. The molecule has 1 N–H and O–H groups in total. The van der Waals surface area contributed by atoms with Gasteiger partial charge in [-0.3, -0.25) is 0 Å². The maximum atomic E-state index is 13.2. The molecule has 5 heteroatoms. The predicted octanol–water partition coefficient (Wildman–Crippen LogP) is 3.10. The summed E-state index contributed by atoms with van der Waals surface area (Å²) in [7, 11) is 0. The number of hydrogen-bond donors (Lipinski definition) is 1. The fourth-order valence-electron chi connectivity index (χ4n) is 2.67. The third kappa shape index (κ3) is 4.43. The van der Waals surface area contributed by atoms with Gasteiger partial charge in [0.2, 0.25) is 0 Å². The SMILES string of the molecule is CCOC(=O)N1CCC(N[C@@H](C)c2cccc(F)c2)CC1. The van der Waals surface area contributed by atoms with Crippen molar-refractivity contribution in [3.05, 3.63) is 35.6 Å². The topological polar surface area (TPSA) is 41.6 Å². The molecule has 2 rings (SSSR count). The molecule has 116 valence electrons. The van der Waals surface area contributed by atoms with Crippen molar-refractivity contribution in [3.63, 3.8) is 0 Å². The first kappa shape index (κ1) is 15.8. The van der Waals surface area contributed by atoms with Gasteiger partial charge in [0, 0.05) is 25.2 Å². The Bertz CT molecular complexity index is 473. The van der Waals surface area contributed by atoms with E-state index in [0.29, 0.717) is 25.7 Å². The Morgan fingerprint density at radius 2 is 2.19 bits per heavy atom. The predicted molar refractivity (Wildman–Crippen MR) is 79.6 cm³/mol. The van der Waals surface area contributed by atoms with Crippen LogP contribution in [-0.2, 0) is 4.74 Å². The Kier molecular flexibility index (Phi) is 5.56. The molecule has 1 atom stereocenters. The first-order valence-electron chi connectivity index (χ1n) is 7.53. The molecule has 4 nitrogen and oxygen atoms in total. The Hall–Kier alpha value is -1.62. The van der Waals surface area contributed by atoms with E-state index in [1.54, 1.807) is 17.0 Å². The standard InChI is InChI=1S/C16H23FN2O2/c1-3-21-16(20)19-9-7-15(8-10-19)18-12(2)13-5-4-6-14(17)11-13/h4-6,11-12,15,18H,3,7-10H2,1-2H3/t12-/m0/s1. The number of hydrogen-bond acceptors (Lipinski definition) is 3. The zero-order chi connectivity index (χ0) is 15.2. The van der Waals surface area contributed by atoms with Crippen LogP contribution in [0.5, 0.6) is 0 Å². The Labute approximate surface area is 125 Å². The van der Waals surface area contributed by atoms with Crippen molar-refractivity contribution in [1.82, 2.24) is 10.2 Å². The molecule has 1 heterocycles. The molecular weight excluding hydrogens is 271 g/mol. The van der Waals surface area contributed by atoms with Crippen LogP contribution in [0.3, 0.4) is 0 Å². The van der Waals surface area contributed by atoms with Gasteiger partial charge in [0.1, 0.15) is 5.82 Å². The Morgan fingerprint density at radius 1 is 1.48 bits per heavy atom. The second-order valence-electron chi connectivity index (χ2n) is 5.40. The van der Waals surface area contributed by atoms with Gasteiger partial charge >= 0.3 is 6.09 Å². The monoisotopic (exact) mass is 294 g/mol. The number of benzene rings is 1. The van der Waals surface area contributed by atoms with Crippen molar-refractivity contribution in [2.75, 3.05) is 19.7 Å². The van der Waals surface area contributed by atoms with Crippen molar-refractivity contribution in [2.24, 2.45) is 0 Å². The number of rotatable bonds is 4. The minimum Gasteiger partial charge on any atom is -0.450 e. The minimum atomic E-state index is -0.228. The van der Waals surface area contributed by atoms with E-state index in [4.69, 9.17) is 4.74 Å². The van der Waals surface area contributed by atoms with E-state index in [1.165, 1.54) is 6.07 Å². The smallest absolute Gasteiger partial charge is 0.409 e. The summed E-state index contributed by atoms with van der Waals surface area (Å²) in [5.74, 6) is -0.210. The molecule has 0 saturated carbocycles. The summed E-state index contributed by atoms with van der Waals surface area (Å²) in [5, 5.41) is 3.51. The van der Waals surface area contributed by atoms with Gasteiger partial charge in [0.05, 0.1) is 6.61 Å². The van der Waals surface area contributed by atoms with Gasteiger partial charge in [-0.25, -0.2) is 9.18 Å². The number of carbonyl (C=O) groups is 1. The fourth-order valence-corrected chi connectivity index (χ4v) is 2.67. The van der Waals surface area contributed by atoms with Crippen molar-refractivity contribution in [3.8, 4) is 0 Å². The highest BCUT2D eigenvalue weighted by Gasteiger charge is 2.24. The fraction of sp³-hybridized carbons (Fsp3) is 0.562.